The fraction of sp³-hybridized carbons (Fsp3) is 0.222. The minimum absolute atomic E-state index is 0.145. The van der Waals surface area contributed by atoms with Crippen LogP contribution in [0.15, 0.2) is 41.3 Å². The summed E-state index contributed by atoms with van der Waals surface area (Å²) in [5, 5.41) is 4.00. The lowest BCUT2D eigenvalue weighted by Crippen LogP contribution is -2.30. The maximum absolute atomic E-state index is 12.5. The lowest BCUT2D eigenvalue weighted by Gasteiger charge is -2.18. The van der Waals surface area contributed by atoms with Crippen LogP contribution in [0, 0.1) is 0 Å². The number of carbonyl (C=O) groups is 1. The summed E-state index contributed by atoms with van der Waals surface area (Å²) >= 11 is 13.5. The van der Waals surface area contributed by atoms with E-state index in [4.69, 9.17) is 23.2 Å². The number of fused-ring (bicyclic) bond motifs is 1. The number of anilines is 1. The number of benzene rings is 2. The van der Waals surface area contributed by atoms with Crippen LogP contribution in [0.1, 0.15) is 24.2 Å². The molecule has 148 valence electrons. The molecule has 0 fully saturated rings. The van der Waals surface area contributed by atoms with Crippen molar-refractivity contribution in [1.29, 1.82) is 0 Å². The molecule has 0 spiro atoms. The summed E-state index contributed by atoms with van der Waals surface area (Å²) in [4.78, 5) is 17.0. The van der Waals surface area contributed by atoms with Crippen LogP contribution in [-0.2, 0) is 10.0 Å². The summed E-state index contributed by atoms with van der Waals surface area (Å²) < 4.78 is 27.1. The molecule has 0 atom stereocenters. The van der Waals surface area contributed by atoms with E-state index in [9.17, 15) is 13.2 Å². The molecule has 3 aromatic rings. The van der Waals surface area contributed by atoms with Crippen molar-refractivity contribution in [2.45, 2.75) is 18.7 Å². The molecule has 3 rings (SSSR count). The Labute approximate surface area is 177 Å². The van der Waals surface area contributed by atoms with Crippen molar-refractivity contribution >= 4 is 65.8 Å². The van der Waals surface area contributed by atoms with Crippen molar-refractivity contribution < 1.29 is 13.2 Å². The van der Waals surface area contributed by atoms with Crippen LogP contribution in [0.5, 0.6) is 0 Å². The van der Waals surface area contributed by atoms with Crippen molar-refractivity contribution in [3.8, 4) is 0 Å². The molecule has 1 aromatic heterocycles. The highest BCUT2D eigenvalue weighted by Crippen LogP contribution is 2.36. The van der Waals surface area contributed by atoms with Gasteiger partial charge in [-0.15, -0.1) is 0 Å². The Balaban J connectivity index is 1.82. The number of sulfonamides is 1. The maximum Gasteiger partial charge on any atom is 0.257 e. The summed E-state index contributed by atoms with van der Waals surface area (Å²) in [6.45, 7) is 4.31. The molecule has 0 aliphatic carbocycles. The number of nitrogens with one attached hydrogen (secondary N) is 1. The minimum atomic E-state index is -3.57. The largest absolute Gasteiger partial charge is 0.298 e. The van der Waals surface area contributed by atoms with Crippen LogP contribution < -0.4 is 5.32 Å². The van der Waals surface area contributed by atoms with Crippen molar-refractivity contribution in [3.63, 3.8) is 0 Å². The first kappa shape index (κ1) is 21.0. The molecule has 1 heterocycles. The lowest BCUT2D eigenvalue weighted by molar-refractivity contribution is 0.102. The van der Waals surface area contributed by atoms with Crippen LogP contribution in [0.4, 0.5) is 5.13 Å². The van der Waals surface area contributed by atoms with E-state index in [0.29, 0.717) is 44.0 Å². The van der Waals surface area contributed by atoms with E-state index in [2.05, 4.69) is 10.3 Å². The zero-order valence-electron chi connectivity index (χ0n) is 15.1. The van der Waals surface area contributed by atoms with Gasteiger partial charge in [0.15, 0.2) is 5.13 Å². The molecular weight excluding hydrogens is 441 g/mol. The Morgan fingerprint density at radius 2 is 1.68 bits per heavy atom. The highest BCUT2D eigenvalue weighted by atomic mass is 35.5. The fourth-order valence-corrected chi connectivity index (χ4v) is 5.53. The molecule has 2 aromatic carbocycles. The smallest absolute Gasteiger partial charge is 0.257 e. The predicted octanol–water partition coefficient (Wildman–Crippen LogP) is 4.89. The van der Waals surface area contributed by atoms with Crippen molar-refractivity contribution in [2.24, 2.45) is 0 Å². The Morgan fingerprint density at radius 3 is 2.25 bits per heavy atom. The van der Waals surface area contributed by atoms with Gasteiger partial charge in [0.1, 0.15) is 5.52 Å². The Bertz CT molecular complexity index is 1090. The van der Waals surface area contributed by atoms with E-state index in [1.54, 1.807) is 26.0 Å². The van der Waals surface area contributed by atoms with E-state index in [0.717, 1.165) is 0 Å². The summed E-state index contributed by atoms with van der Waals surface area (Å²) in [6.07, 6.45) is 0. The van der Waals surface area contributed by atoms with Gasteiger partial charge in [-0.25, -0.2) is 13.4 Å². The van der Waals surface area contributed by atoms with E-state index in [1.165, 1.54) is 39.9 Å². The van der Waals surface area contributed by atoms with E-state index in [1.807, 2.05) is 0 Å². The highest BCUT2D eigenvalue weighted by Gasteiger charge is 2.22. The second-order valence-corrected chi connectivity index (χ2v) is 9.55. The predicted molar refractivity (Wildman–Crippen MR) is 114 cm³/mol. The number of nitrogens with zero attached hydrogens (tertiary/aromatic N) is 2. The number of hydrogen-bond donors (Lipinski definition) is 1. The van der Waals surface area contributed by atoms with Gasteiger partial charge in [0, 0.05) is 18.7 Å². The first-order valence-corrected chi connectivity index (χ1v) is 11.4. The fourth-order valence-electron chi connectivity index (χ4n) is 2.66. The van der Waals surface area contributed by atoms with Gasteiger partial charge in [-0.05, 0) is 36.4 Å². The first-order valence-electron chi connectivity index (χ1n) is 8.44. The molecular formula is C18H17Cl2N3O3S2. The van der Waals surface area contributed by atoms with Gasteiger partial charge in [0.25, 0.3) is 5.91 Å². The molecule has 0 saturated carbocycles. The average molecular weight is 458 g/mol. The first-order chi connectivity index (χ1) is 13.3. The third kappa shape index (κ3) is 4.01. The lowest BCUT2D eigenvalue weighted by atomic mass is 10.2. The van der Waals surface area contributed by atoms with Crippen LogP contribution in [0.25, 0.3) is 10.2 Å². The minimum Gasteiger partial charge on any atom is -0.298 e. The molecule has 1 amide bonds. The van der Waals surface area contributed by atoms with Crippen molar-refractivity contribution in [1.82, 2.24) is 9.29 Å². The molecule has 6 nitrogen and oxygen atoms in total. The van der Waals surface area contributed by atoms with Crippen LogP contribution in [0.2, 0.25) is 10.0 Å². The van der Waals surface area contributed by atoms with E-state index < -0.39 is 15.9 Å². The van der Waals surface area contributed by atoms with Gasteiger partial charge >= 0.3 is 0 Å². The van der Waals surface area contributed by atoms with Crippen LogP contribution in [0.3, 0.4) is 0 Å². The molecule has 0 saturated heterocycles. The van der Waals surface area contributed by atoms with E-state index in [-0.39, 0.29) is 4.90 Å². The van der Waals surface area contributed by atoms with Gasteiger partial charge < -0.3 is 0 Å². The number of aromatic nitrogens is 1. The summed E-state index contributed by atoms with van der Waals surface area (Å²) in [7, 11) is -3.57. The van der Waals surface area contributed by atoms with Crippen LogP contribution >= 0.6 is 34.5 Å². The number of halogens is 2. The zero-order chi connectivity index (χ0) is 20.5. The summed E-state index contributed by atoms with van der Waals surface area (Å²) in [6, 6.07) is 9.11. The Morgan fingerprint density at radius 1 is 1.07 bits per heavy atom. The van der Waals surface area contributed by atoms with Gasteiger partial charge in [-0.3, -0.25) is 10.1 Å². The average Bonchev–Trinajstić information content (AvgIpc) is 3.11. The zero-order valence-corrected chi connectivity index (χ0v) is 18.2. The highest BCUT2D eigenvalue weighted by molar-refractivity contribution is 7.89. The molecule has 0 aliphatic rings. The van der Waals surface area contributed by atoms with Gasteiger partial charge in [-0.2, -0.15) is 4.31 Å². The van der Waals surface area contributed by atoms with Gasteiger partial charge in [0.05, 0.1) is 19.6 Å². The molecule has 1 N–H and O–H groups in total. The number of rotatable bonds is 6. The number of thiazole rings is 1. The Hall–Kier alpha value is -1.71. The normalized spacial score (nSPS) is 11.9. The van der Waals surface area contributed by atoms with Gasteiger partial charge in [-0.1, -0.05) is 48.4 Å². The van der Waals surface area contributed by atoms with Crippen molar-refractivity contribution in [2.75, 3.05) is 18.4 Å². The van der Waals surface area contributed by atoms with Crippen LogP contribution in [-0.4, -0.2) is 36.7 Å². The maximum atomic E-state index is 12.5. The second-order valence-electron chi connectivity index (χ2n) is 5.79. The quantitative estimate of drug-likeness (QED) is 0.571. The third-order valence-electron chi connectivity index (χ3n) is 4.13. The SMILES string of the molecule is CCN(CC)S(=O)(=O)c1ccc(C(=O)Nc2nc3c(Cl)ccc(Cl)c3s2)cc1. The second kappa shape index (κ2) is 8.34. The summed E-state index contributed by atoms with van der Waals surface area (Å²) in [5.74, 6) is -0.405. The molecule has 0 radical (unpaired) electrons. The monoisotopic (exact) mass is 457 g/mol. The molecule has 0 bridgehead atoms. The standard InChI is InChI=1S/C18H17Cl2N3O3S2/c1-3-23(4-2)28(25,26)12-7-5-11(6-8-12)17(24)22-18-21-15-13(19)9-10-14(20)16(15)27-18/h5-10H,3-4H2,1-2H3,(H,21,22,24). The molecule has 28 heavy (non-hydrogen) atoms. The van der Waals surface area contributed by atoms with Crippen molar-refractivity contribution in [3.05, 3.63) is 52.0 Å². The topological polar surface area (TPSA) is 79.4 Å². The Kier molecular flexibility index (Phi) is 6.26. The molecule has 10 heteroatoms. The van der Waals surface area contributed by atoms with Gasteiger partial charge in [0.2, 0.25) is 10.0 Å². The number of carbonyl (C=O) groups excluding carboxylic acids is 1. The molecule has 0 unspecified atom stereocenters. The third-order valence-corrected chi connectivity index (χ3v) is 7.93. The molecule has 0 aliphatic heterocycles. The number of amides is 1. The van der Waals surface area contributed by atoms with E-state index >= 15 is 0 Å². The number of hydrogen-bond acceptors (Lipinski definition) is 5. The summed E-state index contributed by atoms with van der Waals surface area (Å²) in [5.41, 5.74) is 0.838.